The van der Waals surface area contributed by atoms with Crippen molar-refractivity contribution < 1.29 is 19.1 Å². The smallest absolute Gasteiger partial charge is 0.246 e. The molecule has 1 N–H and O–H groups in total. The number of likely N-dealkylation sites (tertiary alicyclic amines) is 1. The van der Waals surface area contributed by atoms with Gasteiger partial charge in [0.2, 0.25) is 11.8 Å². The molecule has 6 nitrogen and oxygen atoms in total. The van der Waals surface area contributed by atoms with E-state index in [1.165, 1.54) is 19.3 Å². The minimum absolute atomic E-state index is 0.0494. The maximum absolute atomic E-state index is 12.7. The summed E-state index contributed by atoms with van der Waals surface area (Å²) in [4.78, 5) is 26.7. The molecule has 3 heterocycles. The van der Waals surface area contributed by atoms with E-state index < -0.39 is 0 Å². The molecule has 4 atom stereocenters. The van der Waals surface area contributed by atoms with Crippen molar-refractivity contribution >= 4 is 11.8 Å². The second-order valence-electron chi connectivity index (χ2n) is 9.00. The van der Waals surface area contributed by atoms with Crippen LogP contribution in [0.3, 0.4) is 0 Å². The highest BCUT2D eigenvalue weighted by molar-refractivity contribution is 5.77. The van der Waals surface area contributed by atoms with Crippen molar-refractivity contribution in [1.82, 2.24) is 10.2 Å². The van der Waals surface area contributed by atoms with Crippen LogP contribution in [0.1, 0.15) is 58.3 Å². The molecule has 3 saturated heterocycles. The Morgan fingerprint density at radius 2 is 2.15 bits per heavy atom. The number of hydrogen-bond donors (Lipinski definition) is 1. The second kappa shape index (κ2) is 8.08. The van der Waals surface area contributed by atoms with Crippen molar-refractivity contribution in [3.05, 3.63) is 0 Å². The van der Waals surface area contributed by atoms with Crippen LogP contribution in [-0.4, -0.2) is 61.3 Å². The number of fused-ring (bicyclic) bond motifs is 1. The van der Waals surface area contributed by atoms with Gasteiger partial charge in [-0.3, -0.25) is 9.59 Å². The summed E-state index contributed by atoms with van der Waals surface area (Å²) in [6, 6.07) is 0. The Labute approximate surface area is 162 Å². The topological polar surface area (TPSA) is 67.9 Å². The number of carbonyl (C=O) groups is 2. The number of rotatable bonds is 9. The van der Waals surface area contributed by atoms with E-state index in [4.69, 9.17) is 9.47 Å². The summed E-state index contributed by atoms with van der Waals surface area (Å²) in [5, 5.41) is 3.03. The summed E-state index contributed by atoms with van der Waals surface area (Å²) in [5.41, 5.74) is -0.148. The second-order valence-corrected chi connectivity index (χ2v) is 9.00. The fourth-order valence-corrected chi connectivity index (χ4v) is 5.51. The molecular formula is C21H34N2O4. The van der Waals surface area contributed by atoms with Gasteiger partial charge in [-0.15, -0.1) is 0 Å². The largest absolute Gasteiger partial charge is 0.372 e. The van der Waals surface area contributed by atoms with Crippen LogP contribution >= 0.6 is 0 Å². The standard InChI is InChI=1S/C21H34N2O4/c1-2-10-26-13-19(24)22-11-16-17-12-23(14-21(17)9-8-18(16)27-21)20(25)7-6-15-4-3-5-15/h15-18H,2-14H2,1H3,(H,22,24)/t16-,17+,18+,21+/m0/s1. The SMILES string of the molecule is CCCOCC(=O)NC[C@H]1[C@H]2CN(C(=O)CCC3CCC3)C[C@]23CC[C@H]1O3. The third-order valence-corrected chi connectivity index (χ3v) is 7.24. The van der Waals surface area contributed by atoms with Crippen LogP contribution in [-0.2, 0) is 19.1 Å². The van der Waals surface area contributed by atoms with Gasteiger partial charge >= 0.3 is 0 Å². The first-order valence-corrected chi connectivity index (χ1v) is 10.9. The lowest BCUT2D eigenvalue weighted by Gasteiger charge is -2.29. The number of ether oxygens (including phenoxy) is 2. The Morgan fingerprint density at radius 1 is 1.30 bits per heavy atom. The molecule has 1 saturated carbocycles. The zero-order chi connectivity index (χ0) is 18.9. The van der Waals surface area contributed by atoms with Gasteiger partial charge in [-0.1, -0.05) is 26.2 Å². The number of hydrogen-bond acceptors (Lipinski definition) is 4. The fraction of sp³-hybridized carbons (Fsp3) is 0.905. The van der Waals surface area contributed by atoms with E-state index in [9.17, 15) is 9.59 Å². The molecular weight excluding hydrogens is 344 g/mol. The zero-order valence-corrected chi connectivity index (χ0v) is 16.6. The van der Waals surface area contributed by atoms with Gasteiger partial charge in [-0.25, -0.2) is 0 Å². The van der Waals surface area contributed by atoms with Gasteiger partial charge in [0.15, 0.2) is 0 Å². The molecule has 0 aromatic carbocycles. The quantitative estimate of drug-likeness (QED) is 0.624. The molecule has 2 amide bonds. The predicted octanol–water partition coefficient (Wildman–Crippen LogP) is 2.12. The van der Waals surface area contributed by atoms with Gasteiger partial charge in [0.1, 0.15) is 6.61 Å². The Hall–Kier alpha value is -1.14. The summed E-state index contributed by atoms with van der Waals surface area (Å²) >= 11 is 0. The molecule has 3 aliphatic heterocycles. The highest BCUT2D eigenvalue weighted by Gasteiger charge is 2.63. The number of amides is 2. The molecule has 1 aliphatic carbocycles. The lowest BCUT2D eigenvalue weighted by molar-refractivity contribution is -0.132. The van der Waals surface area contributed by atoms with Crippen LogP contribution in [0.25, 0.3) is 0 Å². The molecule has 4 fully saturated rings. The first kappa shape index (κ1) is 19.2. The average Bonchev–Trinajstić information content (AvgIpc) is 3.27. The molecule has 0 unspecified atom stereocenters. The molecule has 27 heavy (non-hydrogen) atoms. The van der Waals surface area contributed by atoms with E-state index in [-0.39, 0.29) is 24.2 Å². The van der Waals surface area contributed by atoms with Crippen LogP contribution in [0.5, 0.6) is 0 Å². The average molecular weight is 379 g/mol. The van der Waals surface area contributed by atoms with Crippen LogP contribution in [0.15, 0.2) is 0 Å². The van der Waals surface area contributed by atoms with E-state index in [1.807, 2.05) is 11.8 Å². The van der Waals surface area contributed by atoms with Crippen molar-refractivity contribution in [1.29, 1.82) is 0 Å². The fourth-order valence-electron chi connectivity index (χ4n) is 5.51. The van der Waals surface area contributed by atoms with Gasteiger partial charge in [0.25, 0.3) is 0 Å². The van der Waals surface area contributed by atoms with Crippen LogP contribution in [0.2, 0.25) is 0 Å². The maximum atomic E-state index is 12.7. The van der Waals surface area contributed by atoms with Crippen molar-refractivity contribution in [3.8, 4) is 0 Å². The van der Waals surface area contributed by atoms with E-state index in [0.717, 1.165) is 44.7 Å². The molecule has 0 radical (unpaired) electrons. The lowest BCUT2D eigenvalue weighted by Crippen LogP contribution is -2.42. The number of carbonyl (C=O) groups excluding carboxylic acids is 2. The normalized spacial score (nSPS) is 34.6. The first-order chi connectivity index (χ1) is 13.1. The van der Waals surface area contributed by atoms with Crippen LogP contribution < -0.4 is 5.32 Å². The van der Waals surface area contributed by atoms with E-state index in [0.29, 0.717) is 37.3 Å². The molecule has 2 bridgehead atoms. The number of nitrogens with zero attached hydrogens (tertiary/aromatic N) is 1. The number of nitrogens with one attached hydrogen (secondary N) is 1. The van der Waals surface area contributed by atoms with E-state index in [2.05, 4.69) is 5.32 Å². The van der Waals surface area contributed by atoms with Crippen molar-refractivity contribution in [2.75, 3.05) is 32.8 Å². The minimum atomic E-state index is -0.148. The first-order valence-electron chi connectivity index (χ1n) is 10.9. The predicted molar refractivity (Wildman–Crippen MR) is 101 cm³/mol. The highest BCUT2D eigenvalue weighted by Crippen LogP contribution is 2.54. The Kier molecular flexibility index (Phi) is 5.74. The van der Waals surface area contributed by atoms with Gasteiger partial charge < -0.3 is 19.7 Å². The van der Waals surface area contributed by atoms with Crippen LogP contribution in [0, 0.1) is 17.8 Å². The summed E-state index contributed by atoms with van der Waals surface area (Å²) in [6.07, 6.45) is 8.93. The van der Waals surface area contributed by atoms with E-state index in [1.54, 1.807) is 0 Å². The molecule has 6 heteroatoms. The summed E-state index contributed by atoms with van der Waals surface area (Å²) in [5.74, 6) is 1.71. The molecule has 152 valence electrons. The summed E-state index contributed by atoms with van der Waals surface area (Å²) in [6.45, 7) is 4.97. The molecule has 0 aromatic heterocycles. The van der Waals surface area contributed by atoms with Crippen molar-refractivity contribution in [3.63, 3.8) is 0 Å². The van der Waals surface area contributed by atoms with Gasteiger partial charge in [0.05, 0.1) is 18.2 Å². The Balaban J connectivity index is 1.28. The monoisotopic (exact) mass is 378 g/mol. The van der Waals surface area contributed by atoms with Gasteiger partial charge in [0, 0.05) is 38.0 Å². The summed E-state index contributed by atoms with van der Waals surface area (Å²) < 4.78 is 11.7. The lowest BCUT2D eigenvalue weighted by atomic mass is 9.73. The molecule has 0 aromatic rings. The highest BCUT2D eigenvalue weighted by atomic mass is 16.5. The molecule has 4 rings (SSSR count). The minimum Gasteiger partial charge on any atom is -0.372 e. The van der Waals surface area contributed by atoms with Gasteiger partial charge in [-0.05, 0) is 31.6 Å². The third kappa shape index (κ3) is 3.88. The third-order valence-electron chi connectivity index (χ3n) is 7.24. The van der Waals surface area contributed by atoms with Crippen molar-refractivity contribution in [2.45, 2.75) is 70.0 Å². The molecule has 1 spiro atoms. The van der Waals surface area contributed by atoms with Crippen molar-refractivity contribution in [2.24, 2.45) is 17.8 Å². The maximum Gasteiger partial charge on any atom is 0.246 e. The Morgan fingerprint density at radius 3 is 2.89 bits per heavy atom. The zero-order valence-electron chi connectivity index (χ0n) is 16.6. The van der Waals surface area contributed by atoms with Gasteiger partial charge in [-0.2, -0.15) is 0 Å². The van der Waals surface area contributed by atoms with Crippen LogP contribution in [0.4, 0.5) is 0 Å². The van der Waals surface area contributed by atoms with E-state index >= 15 is 0 Å². The Bertz CT molecular complexity index is 564. The summed E-state index contributed by atoms with van der Waals surface area (Å²) in [7, 11) is 0. The molecule has 4 aliphatic rings.